The zero-order chi connectivity index (χ0) is 21.2. The Hall–Kier alpha value is -2.68. The molecule has 0 bridgehead atoms. The zero-order valence-corrected chi connectivity index (χ0v) is 16.6. The van der Waals surface area contributed by atoms with E-state index >= 15 is 0 Å². The summed E-state index contributed by atoms with van der Waals surface area (Å²) in [5, 5.41) is 2.37. The van der Waals surface area contributed by atoms with Gasteiger partial charge >= 0.3 is 18.2 Å². The number of carbonyl (C=O) groups is 2. The summed E-state index contributed by atoms with van der Waals surface area (Å²) in [4.78, 5) is 25.9. The van der Waals surface area contributed by atoms with E-state index in [0.717, 1.165) is 23.4 Å². The summed E-state index contributed by atoms with van der Waals surface area (Å²) in [6.45, 7) is 1.99. The first kappa shape index (κ1) is 21.0. The Morgan fingerprint density at radius 3 is 2.59 bits per heavy atom. The van der Waals surface area contributed by atoms with Crippen LogP contribution >= 0.6 is 11.8 Å². The lowest BCUT2D eigenvalue weighted by molar-refractivity contribution is -0.139. The number of esters is 1. The number of alkyl halides is 3. The lowest BCUT2D eigenvalue weighted by Gasteiger charge is -2.22. The third-order valence-electron chi connectivity index (χ3n) is 4.51. The van der Waals surface area contributed by atoms with E-state index in [-0.39, 0.29) is 17.1 Å². The average Bonchev–Trinajstić information content (AvgIpc) is 3.11. The molecule has 0 unspecified atom stereocenters. The third kappa shape index (κ3) is 4.19. The maximum Gasteiger partial charge on any atom is 0.419 e. The molecule has 0 saturated heterocycles. The van der Waals surface area contributed by atoms with Crippen molar-refractivity contribution >= 4 is 35.1 Å². The second-order valence-corrected chi connectivity index (χ2v) is 7.06. The van der Waals surface area contributed by atoms with Crippen LogP contribution < -0.4 is 10.2 Å². The van der Waals surface area contributed by atoms with Crippen molar-refractivity contribution < 1.29 is 27.5 Å². The second-order valence-electron chi connectivity index (χ2n) is 6.25. The Morgan fingerprint density at radius 1 is 1.21 bits per heavy atom. The van der Waals surface area contributed by atoms with Crippen LogP contribution in [-0.2, 0) is 17.3 Å². The van der Waals surface area contributed by atoms with Crippen LogP contribution in [0.15, 0.2) is 41.3 Å². The number of nitrogens with zero attached hydrogens (tertiary/aromatic N) is 1. The number of benzene rings is 2. The molecular weight excluding hydrogens is 405 g/mol. The normalized spacial score (nSPS) is 13.2. The van der Waals surface area contributed by atoms with Gasteiger partial charge in [-0.15, -0.1) is 11.8 Å². The van der Waals surface area contributed by atoms with Crippen LogP contribution in [0.3, 0.4) is 0 Å². The first-order valence-corrected chi connectivity index (χ1v) is 10.1. The first-order valence-electron chi connectivity index (χ1n) is 8.89. The highest BCUT2D eigenvalue weighted by Crippen LogP contribution is 2.43. The van der Waals surface area contributed by atoms with Crippen molar-refractivity contribution in [3.8, 4) is 0 Å². The summed E-state index contributed by atoms with van der Waals surface area (Å²) in [5.41, 5.74) is -0.00944. The molecule has 2 aromatic rings. The van der Waals surface area contributed by atoms with Gasteiger partial charge < -0.3 is 10.1 Å². The molecule has 5 nitrogen and oxygen atoms in total. The number of carbonyl (C=O) groups excluding carboxylic acids is 2. The standard InChI is InChI=1S/C20H19F3N2O3S/c1-3-28-18(26)13-8-9-14(16(17(13)29-2)20(21,22)23)24-19(27)25-11-10-12-6-4-5-7-15(12)25/h4-9H,3,10-11H2,1-2H3,(H,24,27). The SMILES string of the molecule is CCOC(=O)c1ccc(NC(=O)N2CCc3ccccc32)c(C(F)(F)F)c1SC. The van der Waals surface area contributed by atoms with Crippen molar-refractivity contribution in [2.75, 3.05) is 29.6 Å². The predicted molar refractivity (Wildman–Crippen MR) is 106 cm³/mol. The van der Waals surface area contributed by atoms with Crippen LogP contribution in [0.1, 0.15) is 28.4 Å². The molecule has 1 heterocycles. The molecule has 0 radical (unpaired) electrons. The smallest absolute Gasteiger partial charge is 0.419 e. The van der Waals surface area contributed by atoms with Gasteiger partial charge in [-0.1, -0.05) is 18.2 Å². The van der Waals surface area contributed by atoms with Crippen LogP contribution in [0.5, 0.6) is 0 Å². The van der Waals surface area contributed by atoms with E-state index in [9.17, 15) is 22.8 Å². The molecular formula is C20H19F3N2O3S. The molecule has 154 valence electrons. The van der Waals surface area contributed by atoms with Crippen LogP contribution in [-0.4, -0.2) is 31.4 Å². The van der Waals surface area contributed by atoms with Crippen LogP contribution in [0.4, 0.5) is 29.3 Å². The first-order chi connectivity index (χ1) is 13.8. The third-order valence-corrected chi connectivity index (χ3v) is 5.35. The van der Waals surface area contributed by atoms with Crippen molar-refractivity contribution in [3.05, 3.63) is 53.1 Å². The van der Waals surface area contributed by atoms with Gasteiger partial charge in [-0.25, -0.2) is 9.59 Å². The van der Waals surface area contributed by atoms with E-state index in [0.29, 0.717) is 18.7 Å². The summed E-state index contributed by atoms with van der Waals surface area (Å²) in [5.74, 6) is -0.839. The second kappa shape index (κ2) is 8.36. The fourth-order valence-corrected chi connectivity index (χ4v) is 4.08. The van der Waals surface area contributed by atoms with E-state index in [1.165, 1.54) is 17.2 Å². The van der Waals surface area contributed by atoms with Crippen LogP contribution in [0.25, 0.3) is 0 Å². The Morgan fingerprint density at radius 2 is 1.93 bits per heavy atom. The molecule has 0 aromatic heterocycles. The summed E-state index contributed by atoms with van der Waals surface area (Å²) in [7, 11) is 0. The van der Waals surface area contributed by atoms with Gasteiger partial charge in [0.2, 0.25) is 0 Å². The molecule has 29 heavy (non-hydrogen) atoms. The Kier molecular flexibility index (Phi) is 6.07. The van der Waals surface area contributed by atoms with Crippen molar-refractivity contribution in [2.24, 2.45) is 0 Å². The van der Waals surface area contributed by atoms with E-state index < -0.39 is 29.4 Å². The average molecular weight is 424 g/mol. The number of thioether (sulfide) groups is 1. The van der Waals surface area contributed by atoms with Gasteiger partial charge in [0.25, 0.3) is 0 Å². The molecule has 0 saturated carbocycles. The number of hydrogen-bond acceptors (Lipinski definition) is 4. The molecule has 1 aliphatic rings. The highest BCUT2D eigenvalue weighted by molar-refractivity contribution is 7.98. The zero-order valence-electron chi connectivity index (χ0n) is 15.8. The monoisotopic (exact) mass is 424 g/mol. The number of nitrogens with one attached hydrogen (secondary N) is 1. The molecule has 3 rings (SSSR count). The number of urea groups is 1. The Balaban J connectivity index is 1.99. The number of amides is 2. The van der Waals surface area contributed by atoms with Crippen molar-refractivity contribution in [1.82, 2.24) is 0 Å². The maximum atomic E-state index is 13.9. The number of hydrogen-bond donors (Lipinski definition) is 1. The van der Waals surface area contributed by atoms with Gasteiger partial charge in [-0.05, 0) is 43.4 Å². The molecule has 0 fully saturated rings. The van der Waals surface area contributed by atoms with Gasteiger partial charge in [-0.2, -0.15) is 13.2 Å². The quantitative estimate of drug-likeness (QED) is 0.542. The van der Waals surface area contributed by atoms with E-state index in [4.69, 9.17) is 4.74 Å². The van der Waals surface area contributed by atoms with Crippen molar-refractivity contribution in [1.29, 1.82) is 0 Å². The minimum atomic E-state index is -4.77. The van der Waals surface area contributed by atoms with E-state index in [1.807, 2.05) is 12.1 Å². The number of rotatable bonds is 4. The minimum absolute atomic E-state index is 0.0425. The molecule has 1 N–H and O–H groups in total. The highest BCUT2D eigenvalue weighted by atomic mass is 32.2. The number of fused-ring (bicyclic) bond motifs is 1. The minimum Gasteiger partial charge on any atom is -0.462 e. The summed E-state index contributed by atoms with van der Waals surface area (Å²) in [6, 6.07) is 8.93. The molecule has 0 spiro atoms. The molecule has 9 heteroatoms. The van der Waals surface area contributed by atoms with Crippen LogP contribution in [0.2, 0.25) is 0 Å². The molecule has 0 atom stereocenters. The maximum absolute atomic E-state index is 13.9. The lowest BCUT2D eigenvalue weighted by atomic mass is 10.1. The highest BCUT2D eigenvalue weighted by Gasteiger charge is 2.39. The van der Waals surface area contributed by atoms with Gasteiger partial charge in [0.15, 0.2) is 0 Å². The summed E-state index contributed by atoms with van der Waals surface area (Å²) < 4.78 is 46.4. The number of ether oxygens (including phenoxy) is 1. The molecule has 0 aliphatic carbocycles. The van der Waals surface area contributed by atoms with Crippen molar-refractivity contribution in [3.63, 3.8) is 0 Å². The predicted octanol–water partition coefficient (Wildman–Crippen LogP) is 5.20. The largest absolute Gasteiger partial charge is 0.462 e. The number of anilines is 2. The Bertz CT molecular complexity index is 947. The topological polar surface area (TPSA) is 58.6 Å². The van der Waals surface area contributed by atoms with E-state index in [2.05, 4.69) is 5.32 Å². The van der Waals surface area contributed by atoms with Gasteiger partial charge in [0, 0.05) is 17.1 Å². The van der Waals surface area contributed by atoms with Crippen molar-refractivity contribution in [2.45, 2.75) is 24.4 Å². The number of para-hydroxylation sites is 1. The summed E-state index contributed by atoms with van der Waals surface area (Å²) in [6.07, 6.45) is -2.70. The number of halogens is 3. The van der Waals surface area contributed by atoms with Crippen LogP contribution in [0, 0.1) is 0 Å². The summed E-state index contributed by atoms with van der Waals surface area (Å²) >= 11 is 0.779. The van der Waals surface area contributed by atoms with E-state index in [1.54, 1.807) is 19.1 Å². The van der Waals surface area contributed by atoms with Gasteiger partial charge in [-0.3, -0.25) is 4.90 Å². The molecule has 2 aromatic carbocycles. The molecule has 1 aliphatic heterocycles. The lowest BCUT2D eigenvalue weighted by Crippen LogP contribution is -2.34. The Labute approximate surface area is 170 Å². The fourth-order valence-electron chi connectivity index (χ4n) is 3.28. The van der Waals surface area contributed by atoms with Gasteiger partial charge in [0.05, 0.1) is 23.4 Å². The fraction of sp³-hybridized carbons (Fsp3) is 0.300. The van der Waals surface area contributed by atoms with Gasteiger partial charge in [0.1, 0.15) is 0 Å². The molecule has 2 amide bonds.